The first-order valence-corrected chi connectivity index (χ1v) is 9.32. The number of benzene rings is 1. The topological polar surface area (TPSA) is 112 Å². The van der Waals surface area contributed by atoms with E-state index in [0.717, 1.165) is 24.8 Å². The predicted molar refractivity (Wildman–Crippen MR) is 100 cm³/mol. The molecule has 1 aromatic rings. The van der Waals surface area contributed by atoms with Crippen LogP contribution in [0.2, 0.25) is 0 Å². The molecule has 146 valence electrons. The Kier molecular flexibility index (Phi) is 7.73. The summed E-state index contributed by atoms with van der Waals surface area (Å²) in [6.45, 7) is 0. The van der Waals surface area contributed by atoms with Gasteiger partial charge in [-0.3, -0.25) is 9.59 Å². The van der Waals surface area contributed by atoms with Gasteiger partial charge in [-0.05, 0) is 30.5 Å². The molecule has 0 saturated heterocycles. The second kappa shape index (κ2) is 10.0. The standard InChI is InChI=1S/C21H26O6/c22-18-13-19(23)17(16(18)5-3-1-2-4-6-20(24)25)12-9-14-7-10-15(11-8-14)21(26)27/h7-12,16-17,19,23H,1-6,13H2,(H,24,25)(H,26,27). The van der Waals surface area contributed by atoms with E-state index in [4.69, 9.17) is 10.2 Å². The zero-order chi connectivity index (χ0) is 19.8. The lowest BCUT2D eigenvalue weighted by molar-refractivity contribution is -0.137. The molecule has 2 rings (SSSR count). The highest BCUT2D eigenvalue weighted by Gasteiger charge is 2.39. The Bertz CT molecular complexity index is 691. The Hall–Kier alpha value is -2.47. The fraction of sp³-hybridized carbons (Fsp3) is 0.476. The SMILES string of the molecule is O=C(O)CCCCCCC1C(=O)CC(O)C1C=Cc1ccc(C(=O)O)cc1. The molecule has 1 aliphatic rings. The molecule has 0 spiro atoms. The Morgan fingerprint density at radius 1 is 1.04 bits per heavy atom. The van der Waals surface area contributed by atoms with E-state index < -0.39 is 18.0 Å². The van der Waals surface area contributed by atoms with Gasteiger partial charge in [0.05, 0.1) is 11.7 Å². The number of hydrogen-bond acceptors (Lipinski definition) is 4. The third-order valence-corrected chi connectivity index (χ3v) is 5.06. The first-order chi connectivity index (χ1) is 12.9. The highest BCUT2D eigenvalue weighted by atomic mass is 16.4. The van der Waals surface area contributed by atoms with Crippen molar-refractivity contribution in [1.29, 1.82) is 0 Å². The van der Waals surface area contributed by atoms with E-state index in [9.17, 15) is 19.5 Å². The molecule has 1 fully saturated rings. The average molecular weight is 374 g/mol. The van der Waals surface area contributed by atoms with Gasteiger partial charge >= 0.3 is 11.9 Å². The van der Waals surface area contributed by atoms with E-state index in [-0.39, 0.29) is 36.0 Å². The zero-order valence-corrected chi connectivity index (χ0v) is 15.2. The van der Waals surface area contributed by atoms with Gasteiger partial charge in [0.25, 0.3) is 0 Å². The number of hydrogen-bond donors (Lipinski definition) is 3. The number of carbonyl (C=O) groups is 3. The molecule has 1 saturated carbocycles. The van der Waals surface area contributed by atoms with E-state index in [1.165, 1.54) is 12.1 Å². The van der Waals surface area contributed by atoms with Crippen LogP contribution >= 0.6 is 0 Å². The number of carbonyl (C=O) groups excluding carboxylic acids is 1. The molecule has 0 radical (unpaired) electrons. The van der Waals surface area contributed by atoms with Gasteiger partial charge in [0, 0.05) is 24.7 Å². The summed E-state index contributed by atoms with van der Waals surface area (Å²) in [5.41, 5.74) is 1.03. The van der Waals surface area contributed by atoms with Crippen molar-refractivity contribution in [2.24, 2.45) is 11.8 Å². The van der Waals surface area contributed by atoms with Crippen molar-refractivity contribution >= 4 is 23.8 Å². The van der Waals surface area contributed by atoms with Crippen LogP contribution in [0.1, 0.15) is 60.9 Å². The van der Waals surface area contributed by atoms with Gasteiger partial charge < -0.3 is 15.3 Å². The number of rotatable bonds is 10. The van der Waals surface area contributed by atoms with Gasteiger partial charge in [0.1, 0.15) is 5.78 Å². The monoisotopic (exact) mass is 374 g/mol. The summed E-state index contributed by atoms with van der Waals surface area (Å²) in [4.78, 5) is 33.6. The van der Waals surface area contributed by atoms with Crippen LogP contribution in [0.25, 0.3) is 6.08 Å². The molecule has 0 heterocycles. The number of aromatic carboxylic acids is 1. The minimum Gasteiger partial charge on any atom is -0.481 e. The van der Waals surface area contributed by atoms with Crippen LogP contribution in [0.4, 0.5) is 0 Å². The molecule has 27 heavy (non-hydrogen) atoms. The Morgan fingerprint density at radius 3 is 2.33 bits per heavy atom. The van der Waals surface area contributed by atoms with Crippen LogP contribution in [0.5, 0.6) is 0 Å². The smallest absolute Gasteiger partial charge is 0.335 e. The number of carboxylic acid groups (broad SMARTS) is 2. The fourth-order valence-corrected chi connectivity index (χ4v) is 3.55. The maximum Gasteiger partial charge on any atom is 0.335 e. The van der Waals surface area contributed by atoms with Crippen molar-refractivity contribution in [2.45, 2.75) is 51.0 Å². The minimum absolute atomic E-state index is 0.0731. The molecule has 0 aromatic heterocycles. The summed E-state index contributed by atoms with van der Waals surface area (Å²) in [7, 11) is 0. The van der Waals surface area contributed by atoms with Crippen LogP contribution < -0.4 is 0 Å². The number of aliphatic carboxylic acids is 1. The van der Waals surface area contributed by atoms with Crippen molar-refractivity contribution in [3.05, 3.63) is 41.5 Å². The van der Waals surface area contributed by atoms with Crippen molar-refractivity contribution in [2.75, 3.05) is 0 Å². The molecule has 6 heteroatoms. The predicted octanol–water partition coefficient (Wildman–Crippen LogP) is 3.39. The largest absolute Gasteiger partial charge is 0.481 e. The second-order valence-electron chi connectivity index (χ2n) is 7.05. The molecule has 3 atom stereocenters. The molecule has 1 aromatic carbocycles. The molecule has 0 bridgehead atoms. The zero-order valence-electron chi connectivity index (χ0n) is 15.2. The Balaban J connectivity index is 1.89. The molecule has 0 amide bonds. The Labute approximate surface area is 158 Å². The Morgan fingerprint density at radius 2 is 1.70 bits per heavy atom. The van der Waals surface area contributed by atoms with Crippen LogP contribution in [0.3, 0.4) is 0 Å². The molecule has 3 N–H and O–H groups in total. The summed E-state index contributed by atoms with van der Waals surface area (Å²) in [5, 5.41) is 27.8. The summed E-state index contributed by atoms with van der Waals surface area (Å²) >= 11 is 0. The molecule has 3 unspecified atom stereocenters. The maximum absolute atomic E-state index is 12.2. The van der Waals surface area contributed by atoms with E-state index in [1.54, 1.807) is 12.1 Å². The third kappa shape index (κ3) is 6.32. The summed E-state index contributed by atoms with van der Waals surface area (Å²) in [5.74, 6) is -2.15. The third-order valence-electron chi connectivity index (χ3n) is 5.06. The fourth-order valence-electron chi connectivity index (χ4n) is 3.55. The van der Waals surface area contributed by atoms with Crippen molar-refractivity contribution < 1.29 is 29.7 Å². The van der Waals surface area contributed by atoms with E-state index >= 15 is 0 Å². The maximum atomic E-state index is 12.2. The number of aliphatic hydroxyl groups is 1. The first kappa shape index (κ1) is 20.8. The summed E-state index contributed by atoms with van der Waals surface area (Å²) < 4.78 is 0. The lowest BCUT2D eigenvalue weighted by Crippen LogP contribution is -2.18. The van der Waals surface area contributed by atoms with Crippen LogP contribution in [0, 0.1) is 11.8 Å². The van der Waals surface area contributed by atoms with Crippen LogP contribution in [0.15, 0.2) is 30.3 Å². The van der Waals surface area contributed by atoms with Crippen LogP contribution in [-0.4, -0.2) is 39.1 Å². The lowest BCUT2D eigenvalue weighted by atomic mass is 9.88. The molecular formula is C21H26O6. The van der Waals surface area contributed by atoms with Crippen LogP contribution in [-0.2, 0) is 9.59 Å². The van der Waals surface area contributed by atoms with E-state index in [0.29, 0.717) is 12.8 Å². The van der Waals surface area contributed by atoms with Crippen molar-refractivity contribution in [3.8, 4) is 0 Å². The van der Waals surface area contributed by atoms with E-state index in [1.807, 2.05) is 12.2 Å². The molecule has 0 aliphatic heterocycles. The number of Topliss-reactive ketones (excluding diaryl/α,β-unsaturated/α-hetero) is 1. The van der Waals surface area contributed by atoms with Gasteiger partial charge in [-0.25, -0.2) is 4.79 Å². The highest BCUT2D eigenvalue weighted by molar-refractivity contribution is 5.88. The van der Waals surface area contributed by atoms with Crippen molar-refractivity contribution in [1.82, 2.24) is 0 Å². The van der Waals surface area contributed by atoms with Gasteiger partial charge in [-0.2, -0.15) is 0 Å². The summed E-state index contributed by atoms with van der Waals surface area (Å²) in [6.07, 6.45) is 7.18. The lowest BCUT2D eigenvalue weighted by Gasteiger charge is -2.17. The minimum atomic E-state index is -0.981. The quantitative estimate of drug-likeness (QED) is 0.541. The highest BCUT2D eigenvalue weighted by Crippen LogP contribution is 2.34. The van der Waals surface area contributed by atoms with Crippen molar-refractivity contribution in [3.63, 3.8) is 0 Å². The van der Waals surface area contributed by atoms with Gasteiger partial charge in [-0.1, -0.05) is 43.5 Å². The number of aliphatic hydroxyl groups excluding tert-OH is 1. The number of unbranched alkanes of at least 4 members (excludes halogenated alkanes) is 3. The normalized spacial score (nSPS) is 22.4. The average Bonchev–Trinajstić information content (AvgIpc) is 2.89. The molecule has 6 nitrogen and oxygen atoms in total. The second-order valence-corrected chi connectivity index (χ2v) is 7.05. The molecular weight excluding hydrogens is 348 g/mol. The van der Waals surface area contributed by atoms with Gasteiger partial charge in [0.15, 0.2) is 0 Å². The van der Waals surface area contributed by atoms with Gasteiger partial charge in [0.2, 0.25) is 0 Å². The van der Waals surface area contributed by atoms with Gasteiger partial charge in [-0.15, -0.1) is 0 Å². The molecule has 1 aliphatic carbocycles. The number of ketones is 1. The number of carboxylic acids is 2. The van der Waals surface area contributed by atoms with E-state index in [2.05, 4.69) is 0 Å². The summed E-state index contributed by atoms with van der Waals surface area (Å²) in [6, 6.07) is 6.43. The first-order valence-electron chi connectivity index (χ1n) is 9.32.